The summed E-state index contributed by atoms with van der Waals surface area (Å²) in [6.45, 7) is 8.93. The average Bonchev–Trinajstić information content (AvgIpc) is 2.76. The van der Waals surface area contributed by atoms with Crippen LogP contribution < -0.4 is 0 Å². The van der Waals surface area contributed by atoms with Gasteiger partial charge in [0.05, 0.1) is 6.10 Å². The molecule has 1 nitrogen and oxygen atoms in total. The van der Waals surface area contributed by atoms with Crippen LogP contribution in [0.25, 0.3) is 0 Å². The lowest BCUT2D eigenvalue weighted by atomic mass is 9.48. The fourth-order valence-corrected chi connectivity index (χ4v) is 6.25. The molecule has 0 aromatic carbocycles. The molecule has 0 unspecified atom stereocenters. The Labute approximate surface area is 128 Å². The van der Waals surface area contributed by atoms with E-state index in [1.165, 1.54) is 32.1 Å². The second kappa shape index (κ2) is 4.35. The molecule has 0 saturated heterocycles. The van der Waals surface area contributed by atoms with E-state index >= 15 is 0 Å². The molecule has 0 heterocycles. The molecule has 0 amide bonds. The number of hydrogen-bond donors (Lipinski definition) is 1. The highest BCUT2D eigenvalue weighted by atomic mass is 16.3. The molecule has 3 fully saturated rings. The Hall–Kier alpha value is -0.820. The van der Waals surface area contributed by atoms with E-state index in [9.17, 15) is 5.11 Å². The Morgan fingerprint density at radius 1 is 1.14 bits per heavy atom. The summed E-state index contributed by atoms with van der Waals surface area (Å²) >= 11 is 0. The molecule has 3 saturated carbocycles. The lowest BCUT2D eigenvalue weighted by molar-refractivity contribution is -0.0614. The molecule has 0 aromatic heterocycles. The lowest BCUT2D eigenvalue weighted by Gasteiger charge is -2.56. The summed E-state index contributed by atoms with van der Waals surface area (Å²) in [6.07, 6.45) is 14.2. The second-order valence-electron chi connectivity index (χ2n) is 8.41. The normalized spacial score (nSPS) is 52.0. The van der Waals surface area contributed by atoms with Crippen molar-refractivity contribution in [1.29, 1.82) is 0 Å². The van der Waals surface area contributed by atoms with Crippen LogP contribution in [0, 0.1) is 28.6 Å². The molecule has 0 radical (unpaired) electrons. The molecule has 4 rings (SSSR count). The van der Waals surface area contributed by atoms with Gasteiger partial charge >= 0.3 is 0 Å². The summed E-state index contributed by atoms with van der Waals surface area (Å²) in [4.78, 5) is 0. The van der Waals surface area contributed by atoms with Crippen molar-refractivity contribution in [1.82, 2.24) is 0 Å². The van der Waals surface area contributed by atoms with Gasteiger partial charge < -0.3 is 5.11 Å². The van der Waals surface area contributed by atoms with Gasteiger partial charge in [0.1, 0.15) is 0 Å². The number of allylic oxidation sites excluding steroid dienone is 5. The SMILES string of the molecule is C=C1C=C[C@@]2(C)C(=C1)CC[C@H]1[C@@H]3CC[C@H](O)[C@@]3(C)CC[C@@H]12. The zero-order chi connectivity index (χ0) is 14.8. The van der Waals surface area contributed by atoms with Crippen LogP contribution in [0.2, 0.25) is 0 Å². The molecular formula is C20H28O. The van der Waals surface area contributed by atoms with E-state index in [0.717, 1.165) is 29.7 Å². The van der Waals surface area contributed by atoms with Crippen molar-refractivity contribution in [3.63, 3.8) is 0 Å². The Balaban J connectivity index is 1.70. The quantitative estimate of drug-likeness (QED) is 0.687. The van der Waals surface area contributed by atoms with Crippen molar-refractivity contribution in [2.45, 2.75) is 58.5 Å². The Bertz CT molecular complexity index is 542. The molecule has 21 heavy (non-hydrogen) atoms. The van der Waals surface area contributed by atoms with E-state index in [2.05, 4.69) is 38.7 Å². The van der Waals surface area contributed by atoms with Crippen molar-refractivity contribution in [2.75, 3.05) is 0 Å². The van der Waals surface area contributed by atoms with E-state index in [1.54, 1.807) is 5.57 Å². The highest BCUT2D eigenvalue weighted by Crippen LogP contribution is 2.64. The minimum atomic E-state index is -0.0603. The summed E-state index contributed by atoms with van der Waals surface area (Å²) < 4.78 is 0. The molecule has 4 aliphatic carbocycles. The summed E-state index contributed by atoms with van der Waals surface area (Å²) in [7, 11) is 0. The van der Waals surface area contributed by atoms with E-state index in [-0.39, 0.29) is 16.9 Å². The first-order chi connectivity index (χ1) is 9.95. The summed E-state index contributed by atoms with van der Waals surface area (Å²) in [5, 5.41) is 10.5. The molecule has 6 atom stereocenters. The van der Waals surface area contributed by atoms with E-state index < -0.39 is 0 Å². The van der Waals surface area contributed by atoms with E-state index in [0.29, 0.717) is 0 Å². The number of hydrogen-bond acceptors (Lipinski definition) is 1. The first kappa shape index (κ1) is 13.8. The van der Waals surface area contributed by atoms with Gasteiger partial charge in [-0.3, -0.25) is 0 Å². The summed E-state index contributed by atoms with van der Waals surface area (Å²) in [5.41, 5.74) is 3.22. The van der Waals surface area contributed by atoms with Gasteiger partial charge in [0, 0.05) is 5.41 Å². The standard InChI is InChI=1S/C20H28O/c1-13-8-10-19(2)14(12-13)4-5-15-16-6-7-18(21)20(16,3)11-9-17(15)19/h8,10,12,15-18,21H,1,4-7,9,11H2,2-3H3/t15-,16-,17-,18-,19-,20-/m0/s1. The predicted octanol–water partition coefficient (Wildman–Crippen LogP) is 4.64. The Morgan fingerprint density at radius 2 is 1.95 bits per heavy atom. The maximum Gasteiger partial charge on any atom is 0.0596 e. The highest BCUT2D eigenvalue weighted by molar-refractivity contribution is 5.43. The van der Waals surface area contributed by atoms with Gasteiger partial charge in [-0.15, -0.1) is 0 Å². The van der Waals surface area contributed by atoms with Crippen LogP contribution in [0.5, 0.6) is 0 Å². The van der Waals surface area contributed by atoms with Gasteiger partial charge in [0.2, 0.25) is 0 Å². The molecular weight excluding hydrogens is 256 g/mol. The van der Waals surface area contributed by atoms with Crippen LogP contribution in [0.1, 0.15) is 52.4 Å². The monoisotopic (exact) mass is 284 g/mol. The number of fused-ring (bicyclic) bond motifs is 5. The fraction of sp³-hybridized carbons (Fsp3) is 0.700. The molecule has 0 aliphatic heterocycles. The zero-order valence-electron chi connectivity index (χ0n) is 13.4. The van der Waals surface area contributed by atoms with Crippen molar-refractivity contribution >= 4 is 0 Å². The largest absolute Gasteiger partial charge is 0.393 e. The van der Waals surface area contributed by atoms with Crippen LogP contribution >= 0.6 is 0 Å². The van der Waals surface area contributed by atoms with Crippen LogP contribution in [-0.2, 0) is 0 Å². The van der Waals surface area contributed by atoms with E-state index in [1.807, 2.05) is 0 Å². The van der Waals surface area contributed by atoms with Crippen LogP contribution in [0.4, 0.5) is 0 Å². The third-order valence-electron chi connectivity index (χ3n) is 7.60. The highest BCUT2D eigenvalue weighted by Gasteiger charge is 2.58. The number of aliphatic hydroxyl groups is 1. The maximum absolute atomic E-state index is 10.5. The van der Waals surface area contributed by atoms with E-state index in [4.69, 9.17) is 0 Å². The molecule has 0 spiro atoms. The molecule has 0 bridgehead atoms. The smallest absolute Gasteiger partial charge is 0.0596 e. The van der Waals surface area contributed by atoms with Crippen molar-refractivity contribution < 1.29 is 5.11 Å². The predicted molar refractivity (Wildman–Crippen MR) is 86.8 cm³/mol. The number of aliphatic hydroxyl groups excluding tert-OH is 1. The third-order valence-corrected chi connectivity index (χ3v) is 7.60. The lowest BCUT2D eigenvalue weighted by Crippen LogP contribution is -2.50. The molecule has 4 aliphatic rings. The first-order valence-electron chi connectivity index (χ1n) is 8.72. The van der Waals surface area contributed by atoms with Crippen molar-refractivity contribution in [3.8, 4) is 0 Å². The van der Waals surface area contributed by atoms with Gasteiger partial charge in [-0.2, -0.15) is 0 Å². The van der Waals surface area contributed by atoms with Crippen LogP contribution in [0.3, 0.4) is 0 Å². The molecule has 1 N–H and O–H groups in total. The van der Waals surface area contributed by atoms with Gasteiger partial charge in [0.15, 0.2) is 0 Å². The molecule has 1 heteroatoms. The minimum absolute atomic E-state index is 0.0603. The van der Waals surface area contributed by atoms with Gasteiger partial charge in [-0.1, -0.05) is 44.2 Å². The maximum atomic E-state index is 10.5. The molecule has 114 valence electrons. The Kier molecular flexibility index (Phi) is 2.86. The summed E-state index contributed by atoms with van der Waals surface area (Å²) in [6, 6.07) is 0. The van der Waals surface area contributed by atoms with Gasteiger partial charge in [0.25, 0.3) is 0 Å². The second-order valence-corrected chi connectivity index (χ2v) is 8.41. The van der Waals surface area contributed by atoms with Crippen LogP contribution in [0.15, 0.2) is 36.0 Å². The van der Waals surface area contributed by atoms with Gasteiger partial charge in [-0.25, -0.2) is 0 Å². The minimum Gasteiger partial charge on any atom is -0.393 e. The topological polar surface area (TPSA) is 20.2 Å². The number of rotatable bonds is 0. The van der Waals surface area contributed by atoms with Crippen molar-refractivity contribution in [3.05, 3.63) is 36.0 Å². The first-order valence-corrected chi connectivity index (χ1v) is 8.72. The summed E-state index contributed by atoms with van der Waals surface area (Å²) in [5.74, 6) is 2.31. The molecule has 0 aromatic rings. The Morgan fingerprint density at radius 3 is 2.76 bits per heavy atom. The average molecular weight is 284 g/mol. The van der Waals surface area contributed by atoms with Gasteiger partial charge in [-0.05, 0) is 67.3 Å². The third kappa shape index (κ3) is 1.73. The van der Waals surface area contributed by atoms with Crippen LogP contribution in [-0.4, -0.2) is 11.2 Å². The fourth-order valence-electron chi connectivity index (χ4n) is 6.25. The zero-order valence-corrected chi connectivity index (χ0v) is 13.4. The van der Waals surface area contributed by atoms with Crippen molar-refractivity contribution in [2.24, 2.45) is 28.6 Å².